The highest BCUT2D eigenvalue weighted by Gasteiger charge is 2.44. The van der Waals surface area contributed by atoms with Crippen molar-refractivity contribution >= 4 is 18.0 Å². The Hall–Kier alpha value is -2.62. The van der Waals surface area contributed by atoms with Crippen LogP contribution in [0.4, 0.5) is 5.69 Å². The Morgan fingerprint density at radius 2 is 1.63 bits per heavy atom. The lowest BCUT2D eigenvalue weighted by Crippen LogP contribution is -2.54. The quantitative estimate of drug-likeness (QED) is 0.502. The summed E-state index contributed by atoms with van der Waals surface area (Å²) >= 11 is 0. The second-order valence-corrected chi connectivity index (χ2v) is 8.74. The van der Waals surface area contributed by atoms with Crippen LogP contribution in [0.2, 0.25) is 0 Å². The van der Waals surface area contributed by atoms with Crippen LogP contribution in [0.25, 0.3) is 0 Å². The zero-order chi connectivity index (χ0) is 20.8. The van der Waals surface area contributed by atoms with Crippen molar-refractivity contribution in [1.82, 2.24) is 5.32 Å². The first-order valence-corrected chi connectivity index (χ1v) is 11.4. The molecule has 158 valence electrons. The highest BCUT2D eigenvalue weighted by Crippen LogP contribution is 2.45. The van der Waals surface area contributed by atoms with Gasteiger partial charge in [-0.15, -0.1) is 0 Å². The van der Waals surface area contributed by atoms with E-state index in [0.717, 1.165) is 37.8 Å². The van der Waals surface area contributed by atoms with Gasteiger partial charge in [0.1, 0.15) is 0 Å². The van der Waals surface area contributed by atoms with E-state index < -0.39 is 0 Å². The van der Waals surface area contributed by atoms with Gasteiger partial charge in [0.05, 0.1) is 0 Å². The number of piperidine rings is 1. The van der Waals surface area contributed by atoms with E-state index in [9.17, 15) is 9.59 Å². The molecule has 4 heteroatoms. The fourth-order valence-electron chi connectivity index (χ4n) is 5.49. The SMILES string of the molecule is O=CN(CCCC[C@@H]1C(=O)N[C@@H]2CCCC[C@H]2[C@@H]1c1ccccc1)c1ccccc1. The number of benzene rings is 2. The standard InChI is InChI=1S/C26H32N2O2/c29-19-28(21-13-5-2-6-14-21)18-10-9-16-23-25(20-11-3-1-4-12-20)22-15-7-8-17-24(22)27-26(23)30/h1-6,11-14,19,22-25H,7-10,15-18H2,(H,27,30)/t22-,23+,24-,25+/m1/s1. The summed E-state index contributed by atoms with van der Waals surface area (Å²) in [6, 6.07) is 20.7. The molecule has 0 radical (unpaired) electrons. The monoisotopic (exact) mass is 404 g/mol. The highest BCUT2D eigenvalue weighted by molar-refractivity contribution is 5.81. The number of para-hydroxylation sites is 1. The lowest BCUT2D eigenvalue weighted by molar-refractivity contribution is -0.131. The number of hydrogen-bond acceptors (Lipinski definition) is 2. The van der Waals surface area contributed by atoms with Crippen molar-refractivity contribution < 1.29 is 9.59 Å². The van der Waals surface area contributed by atoms with Gasteiger partial charge in [0.2, 0.25) is 12.3 Å². The summed E-state index contributed by atoms with van der Waals surface area (Å²) in [7, 11) is 0. The Balaban J connectivity index is 1.42. The van der Waals surface area contributed by atoms with Crippen molar-refractivity contribution in [3.05, 3.63) is 66.2 Å². The Kier molecular flexibility index (Phi) is 6.83. The van der Waals surface area contributed by atoms with Gasteiger partial charge in [0.15, 0.2) is 0 Å². The largest absolute Gasteiger partial charge is 0.353 e. The van der Waals surface area contributed by atoms with E-state index in [1.54, 1.807) is 4.90 Å². The molecule has 1 heterocycles. The zero-order valence-electron chi connectivity index (χ0n) is 17.6. The molecule has 2 fully saturated rings. The highest BCUT2D eigenvalue weighted by atomic mass is 16.2. The molecule has 2 aromatic carbocycles. The molecule has 30 heavy (non-hydrogen) atoms. The lowest BCUT2D eigenvalue weighted by atomic mass is 9.65. The van der Waals surface area contributed by atoms with Gasteiger partial charge in [-0.05, 0) is 49.3 Å². The normalized spacial score (nSPS) is 25.8. The van der Waals surface area contributed by atoms with Gasteiger partial charge in [-0.2, -0.15) is 0 Å². The maximum Gasteiger partial charge on any atom is 0.223 e. The van der Waals surface area contributed by atoms with E-state index in [-0.39, 0.29) is 11.8 Å². The number of carbonyl (C=O) groups is 2. The van der Waals surface area contributed by atoms with Gasteiger partial charge >= 0.3 is 0 Å². The van der Waals surface area contributed by atoms with Crippen LogP contribution in [0, 0.1) is 11.8 Å². The van der Waals surface area contributed by atoms with Gasteiger partial charge in [0, 0.05) is 30.1 Å². The fraction of sp³-hybridized carbons (Fsp3) is 0.462. The minimum absolute atomic E-state index is 0.0214. The predicted octanol–water partition coefficient (Wildman–Crippen LogP) is 4.91. The van der Waals surface area contributed by atoms with Gasteiger partial charge in [0.25, 0.3) is 0 Å². The van der Waals surface area contributed by atoms with Crippen LogP contribution >= 0.6 is 0 Å². The second-order valence-electron chi connectivity index (χ2n) is 8.74. The molecular formula is C26H32N2O2. The Bertz CT molecular complexity index is 823. The number of nitrogens with one attached hydrogen (secondary N) is 1. The molecule has 4 atom stereocenters. The van der Waals surface area contributed by atoms with Gasteiger partial charge in [-0.1, -0.05) is 67.8 Å². The third-order valence-electron chi connectivity index (χ3n) is 6.94. The summed E-state index contributed by atoms with van der Waals surface area (Å²) in [5.74, 6) is 1.09. The van der Waals surface area contributed by atoms with E-state index in [2.05, 4.69) is 35.6 Å². The van der Waals surface area contributed by atoms with Gasteiger partial charge in [-0.3, -0.25) is 9.59 Å². The van der Waals surface area contributed by atoms with Crippen molar-refractivity contribution in [2.75, 3.05) is 11.4 Å². The summed E-state index contributed by atoms with van der Waals surface area (Å²) in [4.78, 5) is 26.3. The average Bonchev–Trinajstić information content (AvgIpc) is 2.80. The molecule has 0 unspecified atom stereocenters. The minimum Gasteiger partial charge on any atom is -0.353 e. The number of hydrogen-bond donors (Lipinski definition) is 1. The molecule has 1 aliphatic heterocycles. The third kappa shape index (κ3) is 4.58. The molecular weight excluding hydrogens is 372 g/mol. The predicted molar refractivity (Wildman–Crippen MR) is 120 cm³/mol. The molecule has 0 aromatic heterocycles. The smallest absolute Gasteiger partial charge is 0.223 e. The first kappa shape index (κ1) is 20.6. The molecule has 0 bridgehead atoms. The van der Waals surface area contributed by atoms with E-state index in [4.69, 9.17) is 0 Å². The third-order valence-corrected chi connectivity index (χ3v) is 6.94. The van der Waals surface area contributed by atoms with Crippen molar-refractivity contribution in [3.63, 3.8) is 0 Å². The Morgan fingerprint density at radius 1 is 0.933 bits per heavy atom. The molecule has 2 aliphatic rings. The number of anilines is 1. The van der Waals surface area contributed by atoms with Crippen LogP contribution < -0.4 is 10.2 Å². The maximum absolute atomic E-state index is 13.1. The number of rotatable bonds is 8. The molecule has 1 saturated heterocycles. The molecule has 2 amide bonds. The second kappa shape index (κ2) is 9.92. The summed E-state index contributed by atoms with van der Waals surface area (Å²) in [5.41, 5.74) is 2.24. The first-order valence-electron chi connectivity index (χ1n) is 11.4. The van der Waals surface area contributed by atoms with Crippen molar-refractivity contribution in [3.8, 4) is 0 Å². The van der Waals surface area contributed by atoms with Crippen LogP contribution in [-0.2, 0) is 9.59 Å². The van der Waals surface area contributed by atoms with E-state index in [1.807, 2.05) is 30.3 Å². The molecule has 4 rings (SSSR count). The molecule has 0 spiro atoms. The summed E-state index contributed by atoms with van der Waals surface area (Å²) in [5, 5.41) is 3.35. The van der Waals surface area contributed by atoms with Crippen LogP contribution in [0.15, 0.2) is 60.7 Å². The number of carbonyl (C=O) groups excluding carboxylic acids is 2. The maximum atomic E-state index is 13.1. The van der Waals surface area contributed by atoms with Crippen molar-refractivity contribution in [2.24, 2.45) is 11.8 Å². The Morgan fingerprint density at radius 3 is 2.37 bits per heavy atom. The molecule has 1 aliphatic carbocycles. The fourth-order valence-corrected chi connectivity index (χ4v) is 5.49. The summed E-state index contributed by atoms with van der Waals surface area (Å²) < 4.78 is 0. The van der Waals surface area contributed by atoms with Gasteiger partial charge < -0.3 is 10.2 Å². The van der Waals surface area contributed by atoms with Crippen LogP contribution in [0.1, 0.15) is 56.4 Å². The van der Waals surface area contributed by atoms with Crippen LogP contribution in [-0.4, -0.2) is 24.9 Å². The van der Waals surface area contributed by atoms with E-state index in [0.29, 0.717) is 24.4 Å². The number of amides is 2. The topological polar surface area (TPSA) is 49.4 Å². The van der Waals surface area contributed by atoms with Crippen molar-refractivity contribution in [1.29, 1.82) is 0 Å². The van der Waals surface area contributed by atoms with Gasteiger partial charge in [-0.25, -0.2) is 0 Å². The molecule has 1 N–H and O–H groups in total. The molecule has 4 nitrogen and oxygen atoms in total. The number of nitrogens with zero attached hydrogens (tertiary/aromatic N) is 1. The van der Waals surface area contributed by atoms with Crippen LogP contribution in [0.3, 0.4) is 0 Å². The number of fused-ring (bicyclic) bond motifs is 1. The molecule has 1 saturated carbocycles. The molecule has 2 aromatic rings. The summed E-state index contributed by atoms with van der Waals surface area (Å²) in [6.45, 7) is 0.684. The average molecular weight is 405 g/mol. The summed E-state index contributed by atoms with van der Waals surface area (Å²) in [6.07, 6.45) is 8.40. The van der Waals surface area contributed by atoms with Crippen molar-refractivity contribution in [2.45, 2.75) is 56.9 Å². The number of unbranched alkanes of at least 4 members (excludes halogenated alkanes) is 1. The zero-order valence-corrected chi connectivity index (χ0v) is 17.6. The van der Waals surface area contributed by atoms with Crippen LogP contribution in [0.5, 0.6) is 0 Å². The Labute approximate surface area is 179 Å². The lowest BCUT2D eigenvalue weighted by Gasteiger charge is -2.46. The van der Waals surface area contributed by atoms with E-state index >= 15 is 0 Å². The van der Waals surface area contributed by atoms with E-state index in [1.165, 1.54) is 24.8 Å². The minimum atomic E-state index is 0.0214. The first-order chi connectivity index (χ1) is 14.8.